The number of H-pyrrole nitrogens is 1. The van der Waals surface area contributed by atoms with Crippen LogP contribution < -0.4 is 4.74 Å². The molecule has 0 aliphatic rings. The summed E-state index contributed by atoms with van der Waals surface area (Å²) < 4.78 is 8.25. The molecule has 186 valence electrons. The zero-order valence-electron chi connectivity index (χ0n) is 21.0. The van der Waals surface area contributed by atoms with Crippen molar-refractivity contribution in [2.24, 2.45) is 0 Å². The summed E-state index contributed by atoms with van der Waals surface area (Å²) in [4.78, 5) is 5.28. The molecule has 0 saturated heterocycles. The molecule has 0 aliphatic heterocycles. The van der Waals surface area contributed by atoms with Crippen molar-refractivity contribution < 1.29 is 4.74 Å². The molecule has 0 amide bonds. The van der Waals surface area contributed by atoms with E-state index in [4.69, 9.17) is 9.72 Å². The Morgan fingerprint density at radius 3 is 2.13 bits per heavy atom. The van der Waals surface area contributed by atoms with E-state index in [-0.39, 0.29) is 6.61 Å². The zero-order chi connectivity index (χ0) is 25.7. The second-order valence-electron chi connectivity index (χ2n) is 8.80. The van der Waals surface area contributed by atoms with Crippen molar-refractivity contribution in [3.05, 3.63) is 115 Å². The molecule has 2 aromatic heterocycles. The van der Waals surface area contributed by atoms with Crippen molar-refractivity contribution in [1.29, 1.82) is 0 Å². The summed E-state index contributed by atoms with van der Waals surface area (Å²) in [6, 6.07) is 37.3. The van der Waals surface area contributed by atoms with Crippen LogP contribution in [0.5, 0.6) is 5.75 Å². The van der Waals surface area contributed by atoms with Crippen molar-refractivity contribution in [2.75, 3.05) is 0 Å². The van der Waals surface area contributed by atoms with Crippen LogP contribution >= 0.6 is 0 Å². The van der Waals surface area contributed by atoms with E-state index < -0.39 is 0 Å². The first-order chi connectivity index (χ1) is 18.8. The lowest BCUT2D eigenvalue weighted by Crippen LogP contribution is -2.01. The molecule has 7 heteroatoms. The molecule has 0 spiro atoms. The molecule has 6 rings (SSSR count). The van der Waals surface area contributed by atoms with Gasteiger partial charge in [-0.05, 0) is 30.2 Å². The summed E-state index contributed by atoms with van der Waals surface area (Å²) in [6.45, 7) is 3.19. The Balaban J connectivity index is 1.48. The van der Waals surface area contributed by atoms with Gasteiger partial charge in [-0.3, -0.25) is 0 Å². The summed E-state index contributed by atoms with van der Waals surface area (Å²) in [5, 5.41) is 14.0. The van der Waals surface area contributed by atoms with E-state index in [0.717, 1.165) is 57.3 Å². The van der Waals surface area contributed by atoms with Crippen LogP contribution in [0, 0.1) is 0 Å². The van der Waals surface area contributed by atoms with Gasteiger partial charge in [0.15, 0.2) is 6.61 Å². The van der Waals surface area contributed by atoms with Gasteiger partial charge in [-0.2, -0.15) is 5.21 Å². The maximum Gasteiger partial charge on any atom is 0.211 e. The lowest BCUT2D eigenvalue weighted by molar-refractivity contribution is 0.296. The van der Waals surface area contributed by atoms with Gasteiger partial charge in [-0.15, -0.1) is 10.2 Å². The Morgan fingerprint density at radius 1 is 0.737 bits per heavy atom. The Bertz CT molecular complexity index is 1640. The molecule has 0 saturated carbocycles. The van der Waals surface area contributed by atoms with E-state index in [2.05, 4.69) is 111 Å². The first-order valence-corrected chi connectivity index (χ1v) is 12.6. The van der Waals surface area contributed by atoms with E-state index in [0.29, 0.717) is 5.82 Å². The number of benzene rings is 4. The van der Waals surface area contributed by atoms with E-state index >= 15 is 0 Å². The molecule has 2 heterocycles. The molecule has 1 N–H and O–H groups in total. The number of aromatic nitrogens is 6. The van der Waals surface area contributed by atoms with Crippen LogP contribution in [0.1, 0.15) is 12.7 Å². The Hall–Kier alpha value is -5.04. The number of nitrogens with zero attached hydrogens (tertiary/aromatic N) is 5. The minimum atomic E-state index is 0.239. The molecule has 38 heavy (non-hydrogen) atoms. The maximum atomic E-state index is 5.94. The molecule has 0 fully saturated rings. The molecular weight excluding hydrogens is 472 g/mol. The van der Waals surface area contributed by atoms with Crippen LogP contribution in [0.4, 0.5) is 0 Å². The summed E-state index contributed by atoms with van der Waals surface area (Å²) in [5.74, 6) is 2.16. The minimum Gasteiger partial charge on any atom is -0.485 e. The zero-order valence-corrected chi connectivity index (χ0v) is 21.0. The van der Waals surface area contributed by atoms with Crippen molar-refractivity contribution in [1.82, 2.24) is 30.2 Å². The molecule has 0 unspecified atom stereocenters. The van der Waals surface area contributed by atoms with E-state index in [1.807, 2.05) is 30.3 Å². The highest BCUT2D eigenvalue weighted by Gasteiger charge is 2.22. The van der Waals surface area contributed by atoms with Crippen LogP contribution in [0.25, 0.3) is 45.0 Å². The van der Waals surface area contributed by atoms with E-state index in [9.17, 15) is 0 Å². The molecular formula is C31H26N6O. The quantitative estimate of drug-likeness (QED) is 0.254. The van der Waals surface area contributed by atoms with Crippen LogP contribution in [0.15, 0.2) is 109 Å². The average Bonchev–Trinajstić information content (AvgIpc) is 3.65. The van der Waals surface area contributed by atoms with Crippen molar-refractivity contribution >= 4 is 0 Å². The van der Waals surface area contributed by atoms with Crippen LogP contribution in [-0.2, 0) is 13.2 Å². The first-order valence-electron chi connectivity index (χ1n) is 12.6. The number of rotatable bonds is 8. The number of hydrogen-bond acceptors (Lipinski definition) is 5. The summed E-state index contributed by atoms with van der Waals surface area (Å²) in [7, 11) is 0. The second kappa shape index (κ2) is 10.5. The molecule has 0 atom stereocenters. The summed E-state index contributed by atoms with van der Waals surface area (Å²) in [5.41, 5.74) is 7.50. The third-order valence-corrected chi connectivity index (χ3v) is 6.45. The fourth-order valence-corrected chi connectivity index (χ4v) is 4.73. The van der Waals surface area contributed by atoms with Crippen LogP contribution in [0.2, 0.25) is 0 Å². The molecule has 6 aromatic rings. The Kier molecular flexibility index (Phi) is 6.47. The van der Waals surface area contributed by atoms with Crippen molar-refractivity contribution in [2.45, 2.75) is 20.1 Å². The largest absolute Gasteiger partial charge is 0.485 e. The topological polar surface area (TPSA) is 81.5 Å². The predicted molar refractivity (Wildman–Crippen MR) is 148 cm³/mol. The highest BCUT2D eigenvalue weighted by Crippen LogP contribution is 2.39. The minimum absolute atomic E-state index is 0.239. The Morgan fingerprint density at radius 2 is 1.42 bits per heavy atom. The molecule has 0 radical (unpaired) electrons. The highest BCUT2D eigenvalue weighted by atomic mass is 16.5. The van der Waals surface area contributed by atoms with Crippen LogP contribution in [-0.4, -0.2) is 30.2 Å². The van der Waals surface area contributed by atoms with Crippen LogP contribution in [0.3, 0.4) is 0 Å². The standard InChI is InChI=1S/C31H26N6O/c1-2-37-30(23-14-7-4-8-15-23)29(22-12-5-3-6-13-22)32-31(37)27-19-10-9-18-26(27)24-16-11-17-25(20-24)38-21-28-33-35-36-34-28/h3-20H,2,21H2,1H3,(H,33,34,35,36). The maximum absolute atomic E-state index is 5.94. The van der Waals surface area contributed by atoms with Gasteiger partial charge in [0.2, 0.25) is 5.82 Å². The second-order valence-corrected chi connectivity index (χ2v) is 8.80. The number of ether oxygens (including phenoxy) is 1. The molecule has 0 aliphatic carbocycles. The van der Waals surface area contributed by atoms with Gasteiger partial charge in [-0.1, -0.05) is 102 Å². The number of nitrogens with one attached hydrogen (secondary N) is 1. The lowest BCUT2D eigenvalue weighted by Gasteiger charge is -2.14. The molecule has 4 aromatic carbocycles. The van der Waals surface area contributed by atoms with Gasteiger partial charge in [0.05, 0.1) is 11.4 Å². The number of aromatic amines is 1. The van der Waals surface area contributed by atoms with Crippen molar-refractivity contribution in [3.63, 3.8) is 0 Å². The van der Waals surface area contributed by atoms with E-state index in [1.54, 1.807) is 0 Å². The third-order valence-electron chi connectivity index (χ3n) is 6.45. The monoisotopic (exact) mass is 498 g/mol. The fraction of sp³-hybridized carbons (Fsp3) is 0.0968. The SMILES string of the molecule is CCn1c(-c2ccccc2-c2cccc(OCc3nn[nH]n3)c2)nc(-c2ccccc2)c1-c1ccccc1. The van der Waals surface area contributed by atoms with Gasteiger partial charge in [0.25, 0.3) is 0 Å². The first kappa shape index (κ1) is 23.4. The van der Waals surface area contributed by atoms with Gasteiger partial charge >= 0.3 is 0 Å². The number of hydrogen-bond donors (Lipinski definition) is 1. The van der Waals surface area contributed by atoms with Gasteiger partial charge in [0, 0.05) is 23.2 Å². The number of imidazole rings is 1. The summed E-state index contributed by atoms with van der Waals surface area (Å²) in [6.07, 6.45) is 0. The smallest absolute Gasteiger partial charge is 0.211 e. The van der Waals surface area contributed by atoms with E-state index in [1.165, 1.54) is 0 Å². The predicted octanol–water partition coefficient (Wildman–Crippen LogP) is 6.66. The molecule has 7 nitrogen and oxygen atoms in total. The fourth-order valence-electron chi connectivity index (χ4n) is 4.73. The van der Waals surface area contributed by atoms with Gasteiger partial charge < -0.3 is 9.30 Å². The normalized spacial score (nSPS) is 11.0. The van der Waals surface area contributed by atoms with Gasteiger partial charge in [0.1, 0.15) is 11.6 Å². The third kappa shape index (κ3) is 4.57. The summed E-state index contributed by atoms with van der Waals surface area (Å²) >= 11 is 0. The Labute approximate surface area is 220 Å². The highest BCUT2D eigenvalue weighted by molar-refractivity contribution is 5.87. The van der Waals surface area contributed by atoms with Crippen molar-refractivity contribution in [3.8, 4) is 50.8 Å². The average molecular weight is 499 g/mol. The lowest BCUT2D eigenvalue weighted by atomic mass is 9.99. The molecule has 0 bridgehead atoms. The number of tetrazole rings is 1. The van der Waals surface area contributed by atoms with Gasteiger partial charge in [-0.25, -0.2) is 4.98 Å².